The molecule has 2 aromatic rings. The third-order valence-corrected chi connectivity index (χ3v) is 5.22. The van der Waals surface area contributed by atoms with Crippen molar-refractivity contribution in [2.45, 2.75) is 32.2 Å². The van der Waals surface area contributed by atoms with E-state index in [1.54, 1.807) is 12.1 Å². The molecule has 0 unspecified atom stereocenters. The predicted molar refractivity (Wildman–Crippen MR) is 116 cm³/mol. The molecule has 154 valence electrons. The number of rotatable bonds is 6. The number of hydrogen-bond donors (Lipinski definition) is 1. The molecule has 3 rings (SSSR count). The van der Waals surface area contributed by atoms with Gasteiger partial charge < -0.3 is 10.2 Å². The van der Waals surface area contributed by atoms with Gasteiger partial charge in [0.2, 0.25) is 0 Å². The summed E-state index contributed by atoms with van der Waals surface area (Å²) in [4.78, 5) is 25.8. The Balaban J connectivity index is 1.82. The van der Waals surface area contributed by atoms with E-state index < -0.39 is 10.8 Å². The molecule has 0 spiro atoms. The highest BCUT2D eigenvalue weighted by Crippen LogP contribution is 2.32. The molecule has 1 aliphatic heterocycles. The van der Waals surface area contributed by atoms with E-state index in [9.17, 15) is 20.2 Å². The van der Waals surface area contributed by atoms with Gasteiger partial charge in [0.1, 0.15) is 17.3 Å². The summed E-state index contributed by atoms with van der Waals surface area (Å²) >= 11 is 0. The van der Waals surface area contributed by atoms with E-state index in [0.29, 0.717) is 11.3 Å². The molecule has 0 aliphatic carbocycles. The number of benzene rings is 2. The van der Waals surface area contributed by atoms with Crippen molar-refractivity contribution in [1.29, 1.82) is 5.26 Å². The van der Waals surface area contributed by atoms with Gasteiger partial charge in [0.25, 0.3) is 11.6 Å². The maximum atomic E-state index is 12.6. The van der Waals surface area contributed by atoms with Crippen LogP contribution in [0.4, 0.5) is 11.4 Å². The lowest BCUT2D eigenvalue weighted by molar-refractivity contribution is -0.384. The van der Waals surface area contributed by atoms with Crippen molar-refractivity contribution >= 4 is 23.4 Å². The van der Waals surface area contributed by atoms with Crippen molar-refractivity contribution in [3.05, 3.63) is 75.3 Å². The van der Waals surface area contributed by atoms with Crippen molar-refractivity contribution in [3.63, 3.8) is 0 Å². The lowest BCUT2D eigenvalue weighted by Crippen LogP contribution is -2.29. The second-order valence-electron chi connectivity index (χ2n) is 7.33. The van der Waals surface area contributed by atoms with Crippen LogP contribution in [0.1, 0.15) is 43.4 Å². The van der Waals surface area contributed by atoms with Crippen LogP contribution in [-0.2, 0) is 4.79 Å². The second kappa shape index (κ2) is 9.70. The summed E-state index contributed by atoms with van der Waals surface area (Å²) in [6.07, 6.45) is 4.54. The highest BCUT2D eigenvalue weighted by Gasteiger charge is 2.22. The fraction of sp³-hybridized carbons (Fsp3) is 0.304. The molecule has 0 aromatic heterocycles. The zero-order valence-electron chi connectivity index (χ0n) is 16.9. The molecule has 0 saturated carbocycles. The van der Waals surface area contributed by atoms with Crippen LogP contribution in [0.5, 0.6) is 0 Å². The summed E-state index contributed by atoms with van der Waals surface area (Å²) in [6.45, 7) is 3.42. The summed E-state index contributed by atoms with van der Waals surface area (Å²) in [6, 6.07) is 15.9. The molecule has 1 N–H and O–H groups in total. The number of nitro groups is 1. The van der Waals surface area contributed by atoms with E-state index in [2.05, 4.69) is 5.32 Å². The van der Waals surface area contributed by atoms with Crippen LogP contribution < -0.4 is 10.2 Å². The fourth-order valence-electron chi connectivity index (χ4n) is 3.59. The maximum absolute atomic E-state index is 12.6. The molecule has 1 fully saturated rings. The minimum Gasteiger partial charge on any atom is -0.366 e. The Morgan fingerprint density at radius 1 is 1.20 bits per heavy atom. The van der Waals surface area contributed by atoms with Crippen molar-refractivity contribution < 1.29 is 9.72 Å². The molecule has 1 aliphatic rings. The summed E-state index contributed by atoms with van der Waals surface area (Å²) in [5, 5.41) is 23.9. The molecule has 30 heavy (non-hydrogen) atoms. The first kappa shape index (κ1) is 21.1. The van der Waals surface area contributed by atoms with Gasteiger partial charge in [-0.05, 0) is 49.5 Å². The quantitative estimate of drug-likeness (QED) is 0.334. The summed E-state index contributed by atoms with van der Waals surface area (Å²) < 4.78 is 0. The molecule has 1 atom stereocenters. The topological polar surface area (TPSA) is 99.3 Å². The Kier molecular flexibility index (Phi) is 6.81. The van der Waals surface area contributed by atoms with Gasteiger partial charge in [0.05, 0.1) is 11.0 Å². The van der Waals surface area contributed by atoms with Gasteiger partial charge in [-0.25, -0.2) is 0 Å². The molecular formula is C23H24N4O3. The Bertz CT molecular complexity index is 989. The number of carbonyl (C=O) groups is 1. The molecular weight excluding hydrogens is 380 g/mol. The van der Waals surface area contributed by atoms with Crippen LogP contribution in [-0.4, -0.2) is 23.9 Å². The fourth-order valence-corrected chi connectivity index (χ4v) is 3.59. The minimum atomic E-state index is -0.517. The van der Waals surface area contributed by atoms with Crippen LogP contribution >= 0.6 is 0 Å². The Labute approximate surface area is 175 Å². The number of nitriles is 1. The Morgan fingerprint density at radius 2 is 1.90 bits per heavy atom. The van der Waals surface area contributed by atoms with Gasteiger partial charge >= 0.3 is 0 Å². The standard InChI is InChI=1S/C23H24N4O3/c1-17(19-8-4-2-5-9-19)25-23(28)20(16-24)14-18-10-11-21(22(15-18)27(29)30)26-12-6-3-7-13-26/h2,4-5,8-11,14-15,17H,3,6-7,12-13H2,1H3,(H,25,28)/b20-14+/t17-/m1/s1. The van der Waals surface area contributed by atoms with E-state index in [-0.39, 0.29) is 17.3 Å². The monoisotopic (exact) mass is 404 g/mol. The first-order valence-corrected chi connectivity index (χ1v) is 10.0. The molecule has 7 nitrogen and oxygen atoms in total. The molecule has 1 heterocycles. The van der Waals surface area contributed by atoms with E-state index in [1.165, 1.54) is 12.1 Å². The number of anilines is 1. The molecule has 1 saturated heterocycles. The van der Waals surface area contributed by atoms with E-state index in [0.717, 1.165) is 37.9 Å². The second-order valence-corrected chi connectivity index (χ2v) is 7.33. The number of piperidine rings is 1. The van der Waals surface area contributed by atoms with Crippen LogP contribution in [0.2, 0.25) is 0 Å². The molecule has 2 aromatic carbocycles. The zero-order valence-corrected chi connectivity index (χ0v) is 16.9. The van der Waals surface area contributed by atoms with Crippen molar-refractivity contribution in [2.75, 3.05) is 18.0 Å². The molecule has 7 heteroatoms. The van der Waals surface area contributed by atoms with Crippen LogP contribution in [0.25, 0.3) is 6.08 Å². The highest BCUT2D eigenvalue weighted by atomic mass is 16.6. The van der Waals surface area contributed by atoms with Gasteiger partial charge in [-0.2, -0.15) is 5.26 Å². The summed E-state index contributed by atoms with van der Waals surface area (Å²) in [5.74, 6) is -0.517. The smallest absolute Gasteiger partial charge is 0.293 e. The molecule has 0 bridgehead atoms. The molecule has 1 amide bonds. The Hall–Kier alpha value is -3.66. The largest absolute Gasteiger partial charge is 0.366 e. The number of nitrogens with one attached hydrogen (secondary N) is 1. The van der Waals surface area contributed by atoms with Crippen molar-refractivity contribution in [1.82, 2.24) is 5.32 Å². The average molecular weight is 404 g/mol. The number of carbonyl (C=O) groups excluding carboxylic acids is 1. The molecule has 0 radical (unpaired) electrons. The third-order valence-electron chi connectivity index (χ3n) is 5.22. The van der Waals surface area contributed by atoms with Gasteiger partial charge in [-0.1, -0.05) is 36.4 Å². The van der Waals surface area contributed by atoms with E-state index in [4.69, 9.17) is 0 Å². The third kappa shape index (κ3) is 5.03. The summed E-state index contributed by atoms with van der Waals surface area (Å²) in [7, 11) is 0. The van der Waals surface area contributed by atoms with Gasteiger partial charge in [-0.15, -0.1) is 0 Å². The summed E-state index contributed by atoms with van der Waals surface area (Å²) in [5.41, 5.74) is 1.84. The lowest BCUT2D eigenvalue weighted by atomic mass is 10.1. The first-order chi connectivity index (χ1) is 14.5. The van der Waals surface area contributed by atoms with Gasteiger partial charge in [0.15, 0.2) is 0 Å². The average Bonchev–Trinajstić information content (AvgIpc) is 2.78. The van der Waals surface area contributed by atoms with Gasteiger partial charge in [0, 0.05) is 19.2 Å². The first-order valence-electron chi connectivity index (χ1n) is 10.0. The van der Waals surface area contributed by atoms with Crippen LogP contribution in [0.15, 0.2) is 54.1 Å². The lowest BCUT2D eigenvalue weighted by Gasteiger charge is -2.28. The Morgan fingerprint density at radius 3 is 2.53 bits per heavy atom. The zero-order chi connectivity index (χ0) is 21.5. The number of amides is 1. The van der Waals surface area contributed by atoms with Crippen LogP contribution in [0.3, 0.4) is 0 Å². The normalized spacial score (nSPS) is 15.2. The minimum absolute atomic E-state index is 0.0130. The van der Waals surface area contributed by atoms with E-state index >= 15 is 0 Å². The van der Waals surface area contributed by atoms with Crippen molar-refractivity contribution in [3.8, 4) is 6.07 Å². The van der Waals surface area contributed by atoms with Crippen molar-refractivity contribution in [2.24, 2.45) is 0 Å². The SMILES string of the molecule is C[C@@H](NC(=O)/C(C#N)=C/c1ccc(N2CCCCC2)c([N+](=O)[O-])c1)c1ccccc1. The van der Waals surface area contributed by atoms with E-state index in [1.807, 2.05) is 48.2 Å². The number of nitro benzene ring substituents is 1. The highest BCUT2D eigenvalue weighted by molar-refractivity contribution is 6.02. The maximum Gasteiger partial charge on any atom is 0.293 e. The predicted octanol–water partition coefficient (Wildman–Crippen LogP) is 4.37. The van der Waals surface area contributed by atoms with Gasteiger partial charge in [-0.3, -0.25) is 14.9 Å². The number of nitrogens with zero attached hydrogens (tertiary/aromatic N) is 3. The number of hydrogen-bond acceptors (Lipinski definition) is 5. The van der Waals surface area contributed by atoms with Crippen LogP contribution in [0, 0.1) is 21.4 Å².